The van der Waals surface area contributed by atoms with Crippen LogP contribution in [0.3, 0.4) is 0 Å². The van der Waals surface area contributed by atoms with E-state index in [9.17, 15) is 18.0 Å². The lowest BCUT2D eigenvalue weighted by Gasteiger charge is -2.34. The van der Waals surface area contributed by atoms with Gasteiger partial charge in [-0.15, -0.1) is 0 Å². The Kier molecular flexibility index (Phi) is 5.39. The first-order valence-electron chi connectivity index (χ1n) is 8.42. The lowest BCUT2D eigenvalue weighted by molar-refractivity contribution is -0.173. The molecule has 3 rings (SSSR count). The third-order valence-electron chi connectivity index (χ3n) is 4.89. The van der Waals surface area contributed by atoms with E-state index in [4.69, 9.17) is 11.6 Å². The van der Waals surface area contributed by atoms with E-state index < -0.39 is 12.1 Å². The summed E-state index contributed by atoms with van der Waals surface area (Å²) in [4.78, 5) is 13.2. The molecule has 1 fully saturated rings. The SMILES string of the molecule is O=C(NCCCN1C2C=C(c3ccc(Cl)cc3)CC1CC2)C(F)(F)F. The van der Waals surface area contributed by atoms with Gasteiger partial charge in [-0.3, -0.25) is 9.69 Å². The van der Waals surface area contributed by atoms with Crippen LogP contribution in [0.15, 0.2) is 30.3 Å². The molecule has 2 unspecified atom stereocenters. The first-order chi connectivity index (χ1) is 11.8. The van der Waals surface area contributed by atoms with E-state index in [1.165, 1.54) is 11.1 Å². The van der Waals surface area contributed by atoms with Crippen molar-refractivity contribution in [1.29, 1.82) is 0 Å². The van der Waals surface area contributed by atoms with Crippen molar-refractivity contribution in [2.45, 2.75) is 43.9 Å². The summed E-state index contributed by atoms with van der Waals surface area (Å²) in [6.07, 6.45) is 1.07. The molecule has 2 bridgehead atoms. The van der Waals surface area contributed by atoms with Crippen LogP contribution in [0.2, 0.25) is 5.02 Å². The quantitative estimate of drug-likeness (QED) is 0.791. The number of carbonyl (C=O) groups excluding carboxylic acids is 1. The van der Waals surface area contributed by atoms with Gasteiger partial charge in [0.1, 0.15) is 0 Å². The molecule has 1 N–H and O–H groups in total. The van der Waals surface area contributed by atoms with Gasteiger partial charge in [0.2, 0.25) is 0 Å². The van der Waals surface area contributed by atoms with Gasteiger partial charge in [-0.1, -0.05) is 29.8 Å². The van der Waals surface area contributed by atoms with Gasteiger partial charge in [-0.05, 0) is 49.0 Å². The Labute approximate surface area is 149 Å². The molecule has 2 heterocycles. The fourth-order valence-electron chi connectivity index (χ4n) is 3.71. The molecule has 0 radical (unpaired) electrons. The second kappa shape index (κ2) is 7.38. The minimum absolute atomic E-state index is 0.0437. The Hall–Kier alpha value is -1.53. The van der Waals surface area contributed by atoms with E-state index in [0.29, 0.717) is 30.1 Å². The molecule has 136 valence electrons. The maximum absolute atomic E-state index is 12.2. The average Bonchev–Trinajstić information content (AvgIpc) is 2.79. The number of carbonyl (C=O) groups is 1. The topological polar surface area (TPSA) is 32.3 Å². The van der Waals surface area contributed by atoms with Crippen molar-refractivity contribution in [3.63, 3.8) is 0 Å². The summed E-state index contributed by atoms with van der Waals surface area (Å²) in [5, 5.41) is 2.65. The molecular weight excluding hydrogens is 353 g/mol. The Morgan fingerprint density at radius 2 is 1.96 bits per heavy atom. The smallest absolute Gasteiger partial charge is 0.348 e. The average molecular weight is 373 g/mol. The van der Waals surface area contributed by atoms with Crippen LogP contribution in [-0.4, -0.2) is 42.2 Å². The van der Waals surface area contributed by atoms with E-state index in [2.05, 4.69) is 11.0 Å². The van der Waals surface area contributed by atoms with Crippen LogP contribution in [0.25, 0.3) is 5.57 Å². The molecule has 1 aromatic carbocycles. The van der Waals surface area contributed by atoms with Crippen molar-refractivity contribution in [2.75, 3.05) is 13.1 Å². The summed E-state index contributed by atoms with van der Waals surface area (Å²) in [6, 6.07) is 8.55. The molecule has 2 aliphatic heterocycles. The van der Waals surface area contributed by atoms with Gasteiger partial charge in [0, 0.05) is 30.2 Å². The summed E-state index contributed by atoms with van der Waals surface area (Å²) in [6.45, 7) is 0.736. The minimum atomic E-state index is -4.81. The van der Waals surface area contributed by atoms with Crippen LogP contribution >= 0.6 is 11.6 Å². The highest BCUT2D eigenvalue weighted by atomic mass is 35.5. The van der Waals surface area contributed by atoms with Crippen LogP contribution < -0.4 is 5.32 Å². The first kappa shape index (κ1) is 18.3. The summed E-state index contributed by atoms with van der Waals surface area (Å²) >= 11 is 5.94. The zero-order valence-corrected chi connectivity index (χ0v) is 14.4. The Bertz CT molecular complexity index is 657. The van der Waals surface area contributed by atoms with Gasteiger partial charge in [-0.2, -0.15) is 13.2 Å². The van der Waals surface area contributed by atoms with Crippen molar-refractivity contribution < 1.29 is 18.0 Å². The number of fused-ring (bicyclic) bond motifs is 2. The summed E-state index contributed by atoms with van der Waals surface area (Å²) in [7, 11) is 0. The van der Waals surface area contributed by atoms with Crippen molar-refractivity contribution >= 4 is 23.1 Å². The molecule has 0 aromatic heterocycles. The van der Waals surface area contributed by atoms with Gasteiger partial charge >= 0.3 is 12.1 Å². The van der Waals surface area contributed by atoms with E-state index in [1.807, 2.05) is 29.6 Å². The van der Waals surface area contributed by atoms with Gasteiger partial charge in [0.25, 0.3) is 0 Å². The van der Waals surface area contributed by atoms with Gasteiger partial charge in [0.05, 0.1) is 0 Å². The molecule has 0 saturated carbocycles. The summed E-state index contributed by atoms with van der Waals surface area (Å²) in [5.74, 6) is -1.86. The monoisotopic (exact) mass is 372 g/mol. The van der Waals surface area contributed by atoms with E-state index >= 15 is 0 Å². The predicted molar refractivity (Wildman–Crippen MR) is 91.2 cm³/mol. The largest absolute Gasteiger partial charge is 0.471 e. The molecule has 0 aliphatic carbocycles. The number of halogens is 4. The fourth-order valence-corrected chi connectivity index (χ4v) is 3.83. The molecule has 2 atom stereocenters. The van der Waals surface area contributed by atoms with E-state index in [1.54, 1.807) is 0 Å². The maximum Gasteiger partial charge on any atom is 0.471 e. The molecule has 1 saturated heterocycles. The lowest BCUT2D eigenvalue weighted by atomic mass is 9.94. The third kappa shape index (κ3) is 4.36. The molecule has 3 nitrogen and oxygen atoms in total. The fraction of sp³-hybridized carbons (Fsp3) is 0.500. The van der Waals surface area contributed by atoms with Gasteiger partial charge in [0.15, 0.2) is 0 Å². The van der Waals surface area contributed by atoms with Gasteiger partial charge < -0.3 is 5.32 Å². The highest BCUT2D eigenvalue weighted by Gasteiger charge is 2.39. The number of rotatable bonds is 5. The Morgan fingerprint density at radius 1 is 1.24 bits per heavy atom. The number of hydrogen-bond acceptors (Lipinski definition) is 2. The van der Waals surface area contributed by atoms with Crippen molar-refractivity contribution in [2.24, 2.45) is 0 Å². The molecule has 1 aromatic rings. The maximum atomic E-state index is 12.2. The van der Waals surface area contributed by atoms with Crippen molar-refractivity contribution in [1.82, 2.24) is 10.2 Å². The molecule has 7 heteroatoms. The third-order valence-corrected chi connectivity index (χ3v) is 5.14. The molecule has 2 aliphatic rings. The standard InChI is InChI=1S/C18H20ClF3N2O/c19-14-4-2-12(3-5-14)13-10-15-6-7-16(11-13)24(15)9-1-8-23-17(25)18(20,21)22/h2-5,10,15-16H,1,6-9,11H2,(H,23,25). The minimum Gasteiger partial charge on any atom is -0.348 e. The second-order valence-corrected chi connectivity index (χ2v) is 6.98. The number of hydrogen-bond donors (Lipinski definition) is 1. The van der Waals surface area contributed by atoms with Crippen LogP contribution in [0.1, 0.15) is 31.2 Å². The molecule has 25 heavy (non-hydrogen) atoms. The van der Waals surface area contributed by atoms with Crippen LogP contribution in [0.5, 0.6) is 0 Å². The van der Waals surface area contributed by atoms with Crippen LogP contribution in [-0.2, 0) is 4.79 Å². The summed E-state index contributed by atoms with van der Waals surface area (Å²) < 4.78 is 36.5. The van der Waals surface area contributed by atoms with E-state index in [-0.39, 0.29) is 6.54 Å². The summed E-state index contributed by atoms with van der Waals surface area (Å²) in [5.41, 5.74) is 2.49. The second-order valence-electron chi connectivity index (χ2n) is 6.55. The highest BCUT2D eigenvalue weighted by molar-refractivity contribution is 6.30. The predicted octanol–water partition coefficient (Wildman–Crippen LogP) is 4.03. The Morgan fingerprint density at radius 3 is 2.60 bits per heavy atom. The van der Waals surface area contributed by atoms with E-state index in [0.717, 1.165) is 19.3 Å². The van der Waals surface area contributed by atoms with Crippen LogP contribution in [0, 0.1) is 0 Å². The molecular formula is C18H20ClF3N2O. The molecule has 0 spiro atoms. The molecule has 1 amide bonds. The lowest BCUT2D eigenvalue weighted by Crippen LogP contribution is -2.41. The van der Waals surface area contributed by atoms with Gasteiger partial charge in [-0.25, -0.2) is 0 Å². The zero-order valence-electron chi connectivity index (χ0n) is 13.7. The number of alkyl halides is 3. The first-order valence-corrected chi connectivity index (χ1v) is 8.80. The number of nitrogens with zero attached hydrogens (tertiary/aromatic N) is 1. The zero-order chi connectivity index (χ0) is 18.0. The van der Waals surface area contributed by atoms with Crippen LogP contribution in [0.4, 0.5) is 13.2 Å². The van der Waals surface area contributed by atoms with Crippen molar-refractivity contribution in [3.8, 4) is 0 Å². The highest BCUT2D eigenvalue weighted by Crippen LogP contribution is 2.38. The number of benzene rings is 1. The van der Waals surface area contributed by atoms with Crippen molar-refractivity contribution in [3.05, 3.63) is 40.9 Å². The normalized spacial score (nSPS) is 23.4. The Balaban J connectivity index is 1.54. The number of nitrogens with one attached hydrogen (secondary N) is 1. The number of amides is 1.